The first-order chi connectivity index (χ1) is 17.5. The number of carbonyl (C=O) groups is 2. The molecule has 2 aromatic carbocycles. The Morgan fingerprint density at radius 3 is 2.44 bits per heavy atom. The molecule has 0 aliphatic heterocycles. The van der Waals surface area contributed by atoms with Crippen molar-refractivity contribution in [1.29, 1.82) is 0 Å². The van der Waals surface area contributed by atoms with Crippen LogP contribution in [-0.2, 0) is 28.9 Å². The Morgan fingerprint density at radius 1 is 0.944 bits per heavy atom. The van der Waals surface area contributed by atoms with Gasteiger partial charge in [-0.05, 0) is 54.8 Å². The van der Waals surface area contributed by atoms with Gasteiger partial charge in [0.05, 0.1) is 20.3 Å². The number of pyridine rings is 1. The van der Waals surface area contributed by atoms with E-state index in [-0.39, 0.29) is 25.4 Å². The molecule has 0 aliphatic rings. The van der Waals surface area contributed by atoms with Crippen LogP contribution < -0.4 is 14.2 Å². The summed E-state index contributed by atoms with van der Waals surface area (Å²) in [6.45, 7) is 4.36. The van der Waals surface area contributed by atoms with E-state index in [0.29, 0.717) is 24.5 Å². The minimum absolute atomic E-state index is 0.129. The Bertz CT molecular complexity index is 1130. The summed E-state index contributed by atoms with van der Waals surface area (Å²) < 4.78 is 21.7. The first kappa shape index (κ1) is 26.5. The minimum Gasteiger partial charge on any atom is -0.493 e. The lowest BCUT2D eigenvalue weighted by molar-refractivity contribution is -0.144. The number of hydrogen-bond acceptors (Lipinski definition) is 7. The lowest BCUT2D eigenvalue weighted by Gasteiger charge is -2.22. The van der Waals surface area contributed by atoms with Gasteiger partial charge in [-0.25, -0.2) is 4.79 Å². The standard InChI is InChI=1S/C28H32N2O6/c1-4-21-13-14-23(29-18-21)15-16-35-24-10-8-9-22(17-24)19-30(20-27(31)34-5-2)28(32)36-26-12-7-6-11-25(26)33-3/h6-14,17-18H,4-5,15-16,19-20H2,1-3H3. The highest BCUT2D eigenvalue weighted by molar-refractivity contribution is 5.79. The molecule has 0 unspecified atom stereocenters. The molecule has 1 amide bonds. The summed E-state index contributed by atoms with van der Waals surface area (Å²) in [5.41, 5.74) is 2.94. The van der Waals surface area contributed by atoms with Crippen LogP contribution in [0.4, 0.5) is 4.79 Å². The van der Waals surface area contributed by atoms with E-state index in [1.54, 1.807) is 31.2 Å². The van der Waals surface area contributed by atoms with Crippen molar-refractivity contribution >= 4 is 12.1 Å². The normalized spacial score (nSPS) is 10.4. The molecule has 36 heavy (non-hydrogen) atoms. The van der Waals surface area contributed by atoms with Crippen LogP contribution in [0.1, 0.15) is 30.7 Å². The molecule has 0 N–H and O–H groups in total. The summed E-state index contributed by atoms with van der Waals surface area (Å²) in [6, 6.07) is 18.3. The molecule has 8 heteroatoms. The van der Waals surface area contributed by atoms with Crippen molar-refractivity contribution in [1.82, 2.24) is 9.88 Å². The van der Waals surface area contributed by atoms with E-state index in [2.05, 4.69) is 18.0 Å². The number of benzene rings is 2. The molecular formula is C28H32N2O6. The minimum atomic E-state index is -0.694. The maximum absolute atomic E-state index is 13.0. The first-order valence-corrected chi connectivity index (χ1v) is 11.9. The summed E-state index contributed by atoms with van der Waals surface area (Å²) in [5, 5.41) is 0. The van der Waals surface area contributed by atoms with E-state index >= 15 is 0 Å². The van der Waals surface area contributed by atoms with Crippen molar-refractivity contribution < 1.29 is 28.5 Å². The highest BCUT2D eigenvalue weighted by atomic mass is 16.6. The van der Waals surface area contributed by atoms with Crippen LogP contribution in [0.5, 0.6) is 17.2 Å². The molecule has 0 radical (unpaired) electrons. The second-order valence-corrected chi connectivity index (χ2v) is 7.94. The fraction of sp³-hybridized carbons (Fsp3) is 0.321. The van der Waals surface area contributed by atoms with E-state index in [9.17, 15) is 9.59 Å². The fourth-order valence-electron chi connectivity index (χ4n) is 3.45. The predicted molar refractivity (Wildman–Crippen MR) is 135 cm³/mol. The van der Waals surface area contributed by atoms with Gasteiger partial charge in [-0.1, -0.05) is 37.3 Å². The molecule has 0 atom stereocenters. The smallest absolute Gasteiger partial charge is 0.416 e. The number of carbonyl (C=O) groups excluding carboxylic acids is 2. The molecule has 1 heterocycles. The van der Waals surface area contributed by atoms with Crippen LogP contribution in [-0.4, -0.2) is 48.8 Å². The van der Waals surface area contributed by atoms with Gasteiger partial charge in [0.15, 0.2) is 11.5 Å². The van der Waals surface area contributed by atoms with Gasteiger partial charge in [0, 0.05) is 24.9 Å². The van der Waals surface area contributed by atoms with Crippen molar-refractivity contribution in [3.05, 3.63) is 83.7 Å². The number of ether oxygens (including phenoxy) is 4. The summed E-state index contributed by atoms with van der Waals surface area (Å²) in [5.74, 6) is 0.808. The van der Waals surface area contributed by atoms with Crippen LogP contribution in [0.25, 0.3) is 0 Å². The molecule has 0 bridgehead atoms. The number of aryl methyl sites for hydroxylation is 1. The van der Waals surface area contributed by atoms with Gasteiger partial charge in [-0.2, -0.15) is 0 Å². The zero-order chi connectivity index (χ0) is 25.8. The quantitative estimate of drug-likeness (QED) is 0.334. The highest BCUT2D eigenvalue weighted by Gasteiger charge is 2.22. The van der Waals surface area contributed by atoms with Crippen molar-refractivity contribution in [2.75, 3.05) is 26.9 Å². The Hall–Kier alpha value is -4.07. The summed E-state index contributed by atoms with van der Waals surface area (Å²) in [6.07, 6.45) is 2.82. The summed E-state index contributed by atoms with van der Waals surface area (Å²) in [4.78, 5) is 30.9. The van der Waals surface area contributed by atoms with E-state index < -0.39 is 12.1 Å². The monoisotopic (exact) mass is 492 g/mol. The Balaban J connectivity index is 1.66. The average molecular weight is 493 g/mol. The number of hydrogen-bond donors (Lipinski definition) is 0. The molecule has 8 nitrogen and oxygen atoms in total. The van der Waals surface area contributed by atoms with Crippen molar-refractivity contribution in [3.63, 3.8) is 0 Å². The first-order valence-electron chi connectivity index (χ1n) is 11.9. The molecule has 0 fully saturated rings. The van der Waals surface area contributed by atoms with Gasteiger partial charge >= 0.3 is 12.1 Å². The largest absolute Gasteiger partial charge is 0.493 e. The van der Waals surface area contributed by atoms with Crippen LogP contribution in [0, 0.1) is 0 Å². The van der Waals surface area contributed by atoms with Gasteiger partial charge < -0.3 is 18.9 Å². The molecule has 190 valence electrons. The number of para-hydroxylation sites is 2. The third-order valence-electron chi connectivity index (χ3n) is 5.34. The molecule has 0 saturated heterocycles. The zero-order valence-corrected chi connectivity index (χ0v) is 20.9. The number of rotatable bonds is 12. The van der Waals surface area contributed by atoms with Gasteiger partial charge in [0.1, 0.15) is 12.3 Å². The maximum Gasteiger partial charge on any atom is 0.416 e. The van der Waals surface area contributed by atoms with Gasteiger partial charge in [0.2, 0.25) is 0 Å². The molecule has 0 aliphatic carbocycles. The Morgan fingerprint density at radius 2 is 1.75 bits per heavy atom. The number of aromatic nitrogens is 1. The SMILES string of the molecule is CCOC(=O)CN(Cc1cccc(OCCc2ccc(CC)cn2)c1)C(=O)Oc1ccccc1OC. The Kier molecular flexibility index (Phi) is 10.1. The maximum atomic E-state index is 13.0. The summed E-state index contributed by atoms with van der Waals surface area (Å²) >= 11 is 0. The zero-order valence-electron chi connectivity index (χ0n) is 20.9. The summed E-state index contributed by atoms with van der Waals surface area (Å²) in [7, 11) is 1.49. The fourth-order valence-corrected chi connectivity index (χ4v) is 3.45. The molecule has 3 aromatic rings. The third-order valence-corrected chi connectivity index (χ3v) is 5.34. The van der Waals surface area contributed by atoms with Crippen LogP contribution in [0.2, 0.25) is 0 Å². The molecule has 0 saturated carbocycles. The van der Waals surface area contributed by atoms with Crippen LogP contribution >= 0.6 is 0 Å². The molecule has 0 spiro atoms. The number of methoxy groups -OCH3 is 1. The van der Waals surface area contributed by atoms with Gasteiger partial charge in [-0.15, -0.1) is 0 Å². The van der Waals surface area contributed by atoms with Crippen LogP contribution in [0.3, 0.4) is 0 Å². The van der Waals surface area contributed by atoms with E-state index in [1.807, 2.05) is 36.5 Å². The van der Waals surface area contributed by atoms with Crippen molar-refractivity contribution in [3.8, 4) is 17.2 Å². The van der Waals surface area contributed by atoms with E-state index in [1.165, 1.54) is 17.6 Å². The number of esters is 1. The molecule has 1 aromatic heterocycles. The molecule has 3 rings (SSSR count). The average Bonchev–Trinajstić information content (AvgIpc) is 2.89. The number of amides is 1. The third kappa shape index (κ3) is 8.01. The van der Waals surface area contributed by atoms with Crippen LogP contribution in [0.15, 0.2) is 66.9 Å². The Labute approximate surface area is 211 Å². The van der Waals surface area contributed by atoms with Gasteiger partial charge in [0.25, 0.3) is 0 Å². The second-order valence-electron chi connectivity index (χ2n) is 7.94. The molecular weight excluding hydrogens is 460 g/mol. The highest BCUT2D eigenvalue weighted by Crippen LogP contribution is 2.26. The van der Waals surface area contributed by atoms with Crippen molar-refractivity contribution in [2.24, 2.45) is 0 Å². The van der Waals surface area contributed by atoms with E-state index in [0.717, 1.165) is 17.7 Å². The number of nitrogens with zero attached hydrogens (tertiary/aromatic N) is 2. The lowest BCUT2D eigenvalue weighted by Crippen LogP contribution is -2.38. The lowest BCUT2D eigenvalue weighted by atomic mass is 10.2. The van der Waals surface area contributed by atoms with Gasteiger partial charge in [-0.3, -0.25) is 14.7 Å². The van der Waals surface area contributed by atoms with Crippen molar-refractivity contribution in [2.45, 2.75) is 33.2 Å². The predicted octanol–water partition coefficient (Wildman–Crippen LogP) is 4.84. The topological polar surface area (TPSA) is 87.2 Å². The second kappa shape index (κ2) is 13.7. The van der Waals surface area contributed by atoms with E-state index in [4.69, 9.17) is 18.9 Å².